The number of hydrogen-bond acceptors (Lipinski definition) is 10. The van der Waals surface area contributed by atoms with Crippen LogP contribution in [0.1, 0.15) is 72.6 Å². The lowest BCUT2D eigenvalue weighted by Crippen LogP contribution is -2.60. The first-order chi connectivity index (χ1) is 21.0. The van der Waals surface area contributed by atoms with Crippen LogP contribution in [0, 0.1) is 5.92 Å². The lowest BCUT2D eigenvalue weighted by Gasteiger charge is -2.31. The molecule has 0 aliphatic carbocycles. The van der Waals surface area contributed by atoms with Crippen LogP contribution in [0.3, 0.4) is 0 Å². The van der Waals surface area contributed by atoms with Gasteiger partial charge in [0, 0.05) is 6.54 Å². The Bertz CT molecular complexity index is 1070. The number of nitrogens with one attached hydrogen (secondary N) is 4. The Kier molecular flexibility index (Phi) is 16.4. The number of rotatable bonds is 19. The van der Waals surface area contributed by atoms with Gasteiger partial charge < -0.3 is 53.6 Å². The highest BCUT2D eigenvalue weighted by atomic mass is 16.4. The van der Waals surface area contributed by atoms with Gasteiger partial charge in [0.15, 0.2) is 6.04 Å². The molecular formula is C28H50N8O9. The van der Waals surface area contributed by atoms with Gasteiger partial charge in [-0.3, -0.25) is 28.8 Å². The van der Waals surface area contributed by atoms with Gasteiger partial charge in [0.1, 0.15) is 24.2 Å². The van der Waals surface area contributed by atoms with E-state index in [2.05, 4.69) is 21.3 Å². The second-order valence-corrected chi connectivity index (χ2v) is 11.5. The van der Waals surface area contributed by atoms with E-state index >= 15 is 0 Å². The number of likely N-dealkylation sites (tertiary alicyclic amines) is 1. The predicted molar refractivity (Wildman–Crippen MR) is 162 cm³/mol. The molecule has 17 heteroatoms. The highest BCUT2D eigenvalue weighted by Gasteiger charge is 2.40. The third kappa shape index (κ3) is 12.2. The highest BCUT2D eigenvalue weighted by molar-refractivity contribution is 5.97. The number of amides is 6. The van der Waals surface area contributed by atoms with Crippen LogP contribution in [0.4, 0.5) is 0 Å². The van der Waals surface area contributed by atoms with Gasteiger partial charge in [-0.1, -0.05) is 20.3 Å². The van der Waals surface area contributed by atoms with Gasteiger partial charge in [-0.25, -0.2) is 4.79 Å². The van der Waals surface area contributed by atoms with Crippen molar-refractivity contribution in [3.63, 3.8) is 0 Å². The van der Waals surface area contributed by atoms with Gasteiger partial charge in [-0.05, 0) is 58.4 Å². The first-order valence-electron chi connectivity index (χ1n) is 15.2. The van der Waals surface area contributed by atoms with E-state index in [1.165, 1.54) is 11.8 Å². The zero-order valence-corrected chi connectivity index (χ0v) is 26.4. The number of primary amides is 1. The van der Waals surface area contributed by atoms with E-state index in [1.807, 2.05) is 6.92 Å². The van der Waals surface area contributed by atoms with E-state index in [-0.39, 0.29) is 25.3 Å². The average Bonchev–Trinajstić information content (AvgIpc) is 3.46. The average molecular weight is 643 g/mol. The van der Waals surface area contributed by atoms with Gasteiger partial charge in [0.05, 0.1) is 18.6 Å². The maximum absolute atomic E-state index is 13.8. The first kappa shape index (κ1) is 39.2. The Hall–Kier alpha value is -3.83. The van der Waals surface area contributed by atoms with E-state index in [0.717, 1.165) is 6.92 Å². The van der Waals surface area contributed by atoms with E-state index < -0.39 is 90.2 Å². The van der Waals surface area contributed by atoms with Crippen molar-refractivity contribution in [1.29, 1.82) is 0 Å². The molecule has 6 amide bonds. The minimum Gasteiger partial charge on any atom is -0.480 e. The summed E-state index contributed by atoms with van der Waals surface area (Å²) in [7, 11) is 0. The number of aliphatic carboxylic acids is 1. The molecule has 8 atom stereocenters. The normalized spacial score (nSPS) is 19.2. The summed E-state index contributed by atoms with van der Waals surface area (Å²) in [5.74, 6) is -6.33. The molecule has 0 aromatic heterocycles. The molecule has 0 unspecified atom stereocenters. The summed E-state index contributed by atoms with van der Waals surface area (Å²) < 4.78 is 0. The topological polar surface area (TPSA) is 289 Å². The van der Waals surface area contributed by atoms with Crippen LogP contribution in [0.15, 0.2) is 0 Å². The van der Waals surface area contributed by atoms with Crippen molar-refractivity contribution in [2.24, 2.45) is 23.1 Å². The van der Waals surface area contributed by atoms with Crippen LogP contribution in [0.5, 0.6) is 0 Å². The molecule has 0 bridgehead atoms. The molecule has 1 heterocycles. The Morgan fingerprint density at radius 1 is 0.889 bits per heavy atom. The van der Waals surface area contributed by atoms with Gasteiger partial charge >= 0.3 is 5.97 Å². The number of carbonyl (C=O) groups excluding carboxylic acids is 6. The van der Waals surface area contributed by atoms with Crippen molar-refractivity contribution in [3.8, 4) is 0 Å². The van der Waals surface area contributed by atoms with Gasteiger partial charge in [0.2, 0.25) is 35.4 Å². The fourth-order valence-electron chi connectivity index (χ4n) is 4.82. The molecule has 45 heavy (non-hydrogen) atoms. The lowest BCUT2D eigenvalue weighted by atomic mass is 9.97. The lowest BCUT2D eigenvalue weighted by molar-refractivity contribution is -0.146. The zero-order valence-electron chi connectivity index (χ0n) is 26.4. The largest absolute Gasteiger partial charge is 0.480 e. The summed E-state index contributed by atoms with van der Waals surface area (Å²) in [4.78, 5) is 90.1. The number of unbranched alkanes of at least 4 members (excludes halogenated alkanes) is 1. The monoisotopic (exact) mass is 642 g/mol. The second kappa shape index (κ2) is 18.9. The Balaban J connectivity index is 3.21. The Morgan fingerprint density at radius 2 is 1.51 bits per heavy atom. The van der Waals surface area contributed by atoms with Gasteiger partial charge in [-0.2, -0.15) is 0 Å². The SMILES string of the molecule is CC[C@H](C)[C@H](NC(=O)[C@H](C)N)C(=O)N[C@@H](CCCCN)C(=O)N1CCC[C@H]1C(=O)N[C@@H](CC(N)=O)C(=O)N[C@H](C(=O)O)[C@@H](C)O. The van der Waals surface area contributed by atoms with Crippen molar-refractivity contribution >= 4 is 41.4 Å². The van der Waals surface area contributed by atoms with E-state index in [9.17, 15) is 43.8 Å². The number of nitrogens with two attached hydrogens (primary N) is 3. The summed E-state index contributed by atoms with van der Waals surface area (Å²) in [6.45, 7) is 6.75. The maximum atomic E-state index is 13.8. The van der Waals surface area contributed by atoms with Crippen LogP contribution in [0.2, 0.25) is 0 Å². The van der Waals surface area contributed by atoms with Crippen LogP contribution in [0.25, 0.3) is 0 Å². The number of aliphatic hydroxyl groups excluding tert-OH is 1. The molecule has 12 N–H and O–H groups in total. The molecule has 0 aromatic carbocycles. The number of aliphatic hydroxyl groups is 1. The molecular weight excluding hydrogens is 592 g/mol. The Labute approximate surface area is 262 Å². The summed E-state index contributed by atoms with van der Waals surface area (Å²) in [5.41, 5.74) is 16.5. The molecule has 1 saturated heterocycles. The number of hydrogen-bond donors (Lipinski definition) is 9. The van der Waals surface area contributed by atoms with Crippen molar-refractivity contribution in [3.05, 3.63) is 0 Å². The molecule has 1 aliphatic heterocycles. The predicted octanol–water partition coefficient (Wildman–Crippen LogP) is -3.22. The third-order valence-corrected chi connectivity index (χ3v) is 7.69. The first-order valence-corrected chi connectivity index (χ1v) is 15.2. The molecule has 0 radical (unpaired) electrons. The molecule has 17 nitrogen and oxygen atoms in total. The molecule has 1 aliphatic rings. The van der Waals surface area contributed by atoms with Crippen molar-refractivity contribution in [2.75, 3.05) is 13.1 Å². The third-order valence-electron chi connectivity index (χ3n) is 7.69. The number of carboxylic acid groups (broad SMARTS) is 1. The minimum absolute atomic E-state index is 0.159. The maximum Gasteiger partial charge on any atom is 0.328 e. The fourth-order valence-corrected chi connectivity index (χ4v) is 4.82. The quantitative estimate of drug-likeness (QED) is 0.0632. The summed E-state index contributed by atoms with van der Waals surface area (Å²) in [5, 5.41) is 28.8. The minimum atomic E-state index is -1.72. The second-order valence-electron chi connectivity index (χ2n) is 11.5. The fraction of sp³-hybridized carbons (Fsp3) is 0.750. The van der Waals surface area contributed by atoms with Crippen LogP contribution < -0.4 is 38.5 Å². The smallest absolute Gasteiger partial charge is 0.328 e. The summed E-state index contributed by atoms with van der Waals surface area (Å²) in [6.07, 6.45) is 0.247. The summed E-state index contributed by atoms with van der Waals surface area (Å²) in [6, 6.07) is -7.28. The van der Waals surface area contributed by atoms with E-state index in [4.69, 9.17) is 17.2 Å². The van der Waals surface area contributed by atoms with Crippen LogP contribution in [-0.2, 0) is 33.6 Å². The van der Waals surface area contributed by atoms with E-state index in [1.54, 1.807) is 6.92 Å². The van der Waals surface area contributed by atoms with Gasteiger partial charge in [0.25, 0.3) is 0 Å². The molecule has 0 spiro atoms. The van der Waals surface area contributed by atoms with Crippen LogP contribution >= 0.6 is 0 Å². The molecule has 1 fully saturated rings. The number of carbonyl (C=O) groups is 7. The van der Waals surface area contributed by atoms with Gasteiger partial charge in [-0.15, -0.1) is 0 Å². The number of carboxylic acids is 1. The van der Waals surface area contributed by atoms with Crippen molar-refractivity contribution in [2.45, 2.75) is 115 Å². The molecule has 0 saturated carbocycles. The molecule has 1 rings (SSSR count). The number of nitrogens with zero attached hydrogens (tertiary/aromatic N) is 1. The van der Waals surface area contributed by atoms with Crippen molar-refractivity contribution < 1.29 is 43.8 Å². The highest BCUT2D eigenvalue weighted by Crippen LogP contribution is 2.21. The zero-order chi connectivity index (χ0) is 34.4. The Morgan fingerprint density at radius 3 is 2.02 bits per heavy atom. The van der Waals surface area contributed by atoms with E-state index in [0.29, 0.717) is 32.2 Å². The van der Waals surface area contributed by atoms with Crippen molar-refractivity contribution in [1.82, 2.24) is 26.2 Å². The molecule has 256 valence electrons. The standard InChI is InChI=1S/C28H50N8O9/c1-5-14(2)21(34-23(39)15(3)30)26(42)32-17(9-6-7-11-29)27(43)36-12-8-10-19(36)25(41)33-18(13-20(31)38)24(40)35-22(16(4)37)28(44)45/h14-19,21-22,37H,5-13,29-30H2,1-4H3,(H2,31,38)(H,32,42)(H,33,41)(H,34,39)(H,35,40)(H,44,45)/t14-,15-,16+,17-,18-,19-,21-,22-/m0/s1. The summed E-state index contributed by atoms with van der Waals surface area (Å²) >= 11 is 0. The molecule has 0 aromatic rings. The van der Waals surface area contributed by atoms with Crippen LogP contribution in [-0.4, -0.2) is 112 Å².